The molecule has 0 bridgehead atoms. The Morgan fingerprint density at radius 1 is 1.03 bits per heavy atom. The molecular weight excluding hydrogens is 549 g/mol. The number of aryl methyl sites for hydroxylation is 2. The van der Waals surface area contributed by atoms with Crippen LogP contribution in [0.25, 0.3) is 11.2 Å². The van der Waals surface area contributed by atoms with Crippen LogP contribution in [0.1, 0.15) is 28.8 Å². The minimum Gasteiger partial charge on any atom is -0.460 e. The zero-order chi connectivity index (χ0) is 24.2. The van der Waals surface area contributed by atoms with Gasteiger partial charge in [-0.05, 0) is 30.5 Å². The summed E-state index contributed by atoms with van der Waals surface area (Å²) >= 11 is 2.31. The van der Waals surface area contributed by atoms with E-state index in [1.807, 2.05) is 31.2 Å². The highest BCUT2D eigenvalue weighted by Crippen LogP contribution is 2.21. The SMILES string of the molecule is Cc1ccc(COc2nc3c(c(=O)n(CCCO)c(=O)n3C)n2Cc2ccc(CI)cc2)cn1. The summed E-state index contributed by atoms with van der Waals surface area (Å²) in [5.74, 6) is 0. The average Bonchev–Trinajstić information content (AvgIpc) is 3.21. The van der Waals surface area contributed by atoms with Crippen LogP contribution >= 0.6 is 22.6 Å². The van der Waals surface area contributed by atoms with E-state index in [9.17, 15) is 14.7 Å². The Labute approximate surface area is 209 Å². The molecule has 0 fully saturated rings. The summed E-state index contributed by atoms with van der Waals surface area (Å²) in [6.45, 7) is 2.49. The first-order valence-electron chi connectivity index (χ1n) is 10.9. The number of pyridine rings is 1. The molecule has 0 saturated heterocycles. The Morgan fingerprint density at radius 2 is 1.74 bits per heavy atom. The normalized spacial score (nSPS) is 11.3. The number of benzene rings is 1. The third-order valence-corrected chi connectivity index (χ3v) is 6.48. The number of hydrogen-bond donors (Lipinski definition) is 1. The van der Waals surface area contributed by atoms with Crippen molar-refractivity contribution in [3.05, 3.63) is 85.8 Å². The molecule has 0 aliphatic heterocycles. The van der Waals surface area contributed by atoms with Crippen molar-refractivity contribution in [2.24, 2.45) is 7.05 Å². The summed E-state index contributed by atoms with van der Waals surface area (Å²) in [6, 6.07) is 12.2. The van der Waals surface area contributed by atoms with E-state index in [1.54, 1.807) is 17.8 Å². The second-order valence-corrected chi connectivity index (χ2v) is 8.84. The van der Waals surface area contributed by atoms with Gasteiger partial charge in [-0.25, -0.2) is 4.79 Å². The molecule has 4 rings (SSSR count). The fraction of sp³-hybridized carbons (Fsp3) is 0.333. The van der Waals surface area contributed by atoms with Gasteiger partial charge in [-0.15, -0.1) is 0 Å². The summed E-state index contributed by atoms with van der Waals surface area (Å²) in [4.78, 5) is 35.0. The van der Waals surface area contributed by atoms with E-state index in [-0.39, 0.29) is 36.9 Å². The van der Waals surface area contributed by atoms with Gasteiger partial charge in [0.15, 0.2) is 11.2 Å². The van der Waals surface area contributed by atoms with Crippen molar-refractivity contribution in [2.75, 3.05) is 6.61 Å². The van der Waals surface area contributed by atoms with E-state index in [4.69, 9.17) is 4.74 Å². The standard InChI is InChI=1S/C24H26IN5O4/c1-16-4-5-19(13-26-16)15-34-23-27-21-20(22(32)29(10-3-11-31)24(33)28(21)2)30(23)14-18-8-6-17(12-25)7-9-18/h4-9,13,31H,3,10-12,14-15H2,1-2H3. The number of nitrogens with zero attached hydrogens (tertiary/aromatic N) is 5. The van der Waals surface area contributed by atoms with Gasteiger partial charge in [0.2, 0.25) is 0 Å². The molecule has 4 aromatic rings. The van der Waals surface area contributed by atoms with Crippen LogP contribution in [0.2, 0.25) is 0 Å². The molecular formula is C24H26IN5O4. The lowest BCUT2D eigenvalue weighted by Crippen LogP contribution is -2.39. The molecule has 3 heterocycles. The van der Waals surface area contributed by atoms with Gasteiger partial charge in [-0.1, -0.05) is 52.9 Å². The van der Waals surface area contributed by atoms with Gasteiger partial charge in [0.25, 0.3) is 11.6 Å². The number of aromatic nitrogens is 5. The van der Waals surface area contributed by atoms with Gasteiger partial charge < -0.3 is 9.84 Å². The van der Waals surface area contributed by atoms with E-state index in [2.05, 4.69) is 44.7 Å². The van der Waals surface area contributed by atoms with Gasteiger partial charge >= 0.3 is 5.69 Å². The monoisotopic (exact) mass is 575 g/mol. The van der Waals surface area contributed by atoms with Gasteiger partial charge in [-0.3, -0.25) is 23.5 Å². The number of rotatable bonds is 9. The first kappa shape index (κ1) is 24.1. The van der Waals surface area contributed by atoms with Crippen LogP contribution in [0.4, 0.5) is 0 Å². The van der Waals surface area contributed by atoms with Crippen molar-refractivity contribution < 1.29 is 9.84 Å². The number of alkyl halides is 1. The second-order valence-electron chi connectivity index (χ2n) is 8.07. The van der Waals surface area contributed by atoms with E-state index in [0.717, 1.165) is 25.8 Å². The smallest absolute Gasteiger partial charge is 0.332 e. The molecule has 0 saturated carbocycles. The minimum absolute atomic E-state index is 0.116. The molecule has 3 aromatic heterocycles. The minimum atomic E-state index is -0.476. The fourth-order valence-electron chi connectivity index (χ4n) is 3.68. The first-order valence-corrected chi connectivity index (χ1v) is 12.4. The van der Waals surface area contributed by atoms with Crippen LogP contribution in [0.15, 0.2) is 52.2 Å². The quantitative estimate of drug-likeness (QED) is 0.243. The van der Waals surface area contributed by atoms with Gasteiger partial charge in [0, 0.05) is 42.1 Å². The Kier molecular flexibility index (Phi) is 7.47. The van der Waals surface area contributed by atoms with E-state index >= 15 is 0 Å². The fourth-order valence-corrected chi connectivity index (χ4v) is 4.19. The Balaban J connectivity index is 1.82. The Bertz CT molecular complexity index is 1410. The van der Waals surface area contributed by atoms with Crippen molar-refractivity contribution in [1.29, 1.82) is 0 Å². The van der Waals surface area contributed by atoms with Crippen molar-refractivity contribution >= 4 is 33.8 Å². The highest BCUT2D eigenvalue weighted by molar-refractivity contribution is 14.1. The van der Waals surface area contributed by atoms with E-state index < -0.39 is 11.2 Å². The van der Waals surface area contributed by atoms with Crippen LogP contribution < -0.4 is 16.0 Å². The molecule has 0 aliphatic carbocycles. The molecule has 0 amide bonds. The van der Waals surface area contributed by atoms with Crippen LogP contribution in [-0.2, 0) is 31.2 Å². The molecule has 0 spiro atoms. The Morgan fingerprint density at radius 3 is 2.38 bits per heavy atom. The summed E-state index contributed by atoms with van der Waals surface area (Å²) in [6.07, 6.45) is 2.04. The number of halogens is 1. The van der Waals surface area contributed by atoms with Crippen LogP contribution in [0, 0.1) is 6.92 Å². The van der Waals surface area contributed by atoms with Crippen molar-refractivity contribution in [3.8, 4) is 6.01 Å². The van der Waals surface area contributed by atoms with Gasteiger partial charge in [-0.2, -0.15) is 4.98 Å². The van der Waals surface area contributed by atoms with Crippen molar-refractivity contribution in [3.63, 3.8) is 0 Å². The number of ether oxygens (including phenoxy) is 1. The summed E-state index contributed by atoms with van der Waals surface area (Å²) in [5, 5.41) is 9.22. The van der Waals surface area contributed by atoms with Crippen LogP contribution in [0.5, 0.6) is 6.01 Å². The molecule has 10 heteroatoms. The molecule has 0 radical (unpaired) electrons. The third-order valence-electron chi connectivity index (χ3n) is 5.60. The van der Waals surface area contributed by atoms with Crippen molar-refractivity contribution in [1.82, 2.24) is 23.7 Å². The maximum atomic E-state index is 13.4. The number of imidazole rings is 1. The van der Waals surface area contributed by atoms with Crippen LogP contribution in [-0.4, -0.2) is 35.4 Å². The molecule has 1 N–H and O–H groups in total. The highest BCUT2D eigenvalue weighted by atomic mass is 127. The molecule has 0 unspecified atom stereocenters. The zero-order valence-electron chi connectivity index (χ0n) is 19.1. The summed E-state index contributed by atoms with van der Waals surface area (Å²) < 4.78 is 11.2. The summed E-state index contributed by atoms with van der Waals surface area (Å²) in [5.41, 5.74) is 3.58. The predicted octanol–water partition coefficient (Wildman–Crippen LogP) is 2.54. The molecule has 0 atom stereocenters. The largest absolute Gasteiger partial charge is 0.460 e. The lowest BCUT2D eigenvalue weighted by molar-refractivity contribution is 0.270. The molecule has 1 aromatic carbocycles. The van der Waals surface area contributed by atoms with Gasteiger partial charge in [0.1, 0.15) is 6.61 Å². The Hall–Kier alpha value is -2.99. The van der Waals surface area contributed by atoms with Gasteiger partial charge in [0.05, 0.1) is 6.54 Å². The zero-order valence-corrected chi connectivity index (χ0v) is 21.2. The highest BCUT2D eigenvalue weighted by Gasteiger charge is 2.21. The van der Waals surface area contributed by atoms with E-state index in [0.29, 0.717) is 13.0 Å². The number of aliphatic hydroxyl groups excluding tert-OH is 1. The topological polar surface area (TPSA) is 104 Å². The predicted molar refractivity (Wildman–Crippen MR) is 138 cm³/mol. The maximum absolute atomic E-state index is 13.4. The van der Waals surface area contributed by atoms with Crippen LogP contribution in [0.3, 0.4) is 0 Å². The molecule has 178 valence electrons. The average molecular weight is 575 g/mol. The molecule has 0 aliphatic rings. The number of aliphatic hydroxyl groups is 1. The third kappa shape index (κ3) is 4.92. The number of fused-ring (bicyclic) bond motifs is 1. The summed E-state index contributed by atoms with van der Waals surface area (Å²) in [7, 11) is 1.58. The first-order chi connectivity index (χ1) is 16.4. The molecule has 34 heavy (non-hydrogen) atoms. The number of hydrogen-bond acceptors (Lipinski definition) is 6. The second kappa shape index (κ2) is 10.5. The lowest BCUT2D eigenvalue weighted by atomic mass is 10.1. The maximum Gasteiger partial charge on any atom is 0.332 e. The molecule has 9 nitrogen and oxygen atoms in total. The lowest BCUT2D eigenvalue weighted by Gasteiger charge is -2.12. The van der Waals surface area contributed by atoms with E-state index in [1.165, 1.54) is 10.1 Å². The van der Waals surface area contributed by atoms with Crippen molar-refractivity contribution in [2.45, 2.75) is 37.5 Å².